The van der Waals surface area contributed by atoms with E-state index in [1.807, 2.05) is 19.1 Å². The van der Waals surface area contributed by atoms with Crippen LogP contribution in [0.3, 0.4) is 0 Å². The summed E-state index contributed by atoms with van der Waals surface area (Å²) in [4.78, 5) is 14.8. The molecule has 1 unspecified atom stereocenters. The van der Waals surface area contributed by atoms with Gasteiger partial charge in [0, 0.05) is 6.54 Å². The standard InChI is InChI=1S/C17H25N3O3/c1-5-13-16(12(4)23-19-13)17(21)18-11-14(20(6-2)7-3)15-9-8-10-22-15/h8-10,14H,5-7,11H2,1-4H3,(H,18,21). The van der Waals surface area contributed by atoms with Crippen LogP contribution in [0.2, 0.25) is 0 Å². The van der Waals surface area contributed by atoms with E-state index in [2.05, 4.69) is 29.2 Å². The minimum absolute atomic E-state index is 0.00851. The van der Waals surface area contributed by atoms with Crippen LogP contribution < -0.4 is 5.32 Å². The van der Waals surface area contributed by atoms with Gasteiger partial charge in [-0.25, -0.2) is 0 Å². The maximum Gasteiger partial charge on any atom is 0.256 e. The smallest absolute Gasteiger partial charge is 0.256 e. The zero-order valence-corrected chi connectivity index (χ0v) is 14.3. The lowest BCUT2D eigenvalue weighted by Gasteiger charge is -2.28. The number of rotatable bonds is 8. The molecule has 0 saturated carbocycles. The Labute approximate surface area is 136 Å². The van der Waals surface area contributed by atoms with E-state index in [4.69, 9.17) is 8.94 Å². The van der Waals surface area contributed by atoms with Crippen LogP contribution in [0.4, 0.5) is 0 Å². The molecule has 0 aliphatic carbocycles. The molecule has 6 nitrogen and oxygen atoms in total. The zero-order chi connectivity index (χ0) is 16.8. The first kappa shape index (κ1) is 17.3. The molecule has 1 amide bonds. The molecule has 2 heterocycles. The number of nitrogens with one attached hydrogen (secondary N) is 1. The van der Waals surface area contributed by atoms with Crippen LogP contribution in [0.5, 0.6) is 0 Å². The third-order valence-electron chi connectivity index (χ3n) is 4.08. The van der Waals surface area contributed by atoms with Gasteiger partial charge < -0.3 is 14.3 Å². The molecule has 126 valence electrons. The van der Waals surface area contributed by atoms with Gasteiger partial charge in [0.15, 0.2) is 0 Å². The van der Waals surface area contributed by atoms with Crippen LogP contribution in [0.25, 0.3) is 0 Å². The Hall–Kier alpha value is -2.08. The SMILES string of the molecule is CCc1noc(C)c1C(=O)NCC(c1ccco1)N(CC)CC. The molecule has 1 atom stereocenters. The summed E-state index contributed by atoms with van der Waals surface area (Å²) in [5.41, 5.74) is 1.24. The predicted molar refractivity (Wildman–Crippen MR) is 87.3 cm³/mol. The summed E-state index contributed by atoms with van der Waals surface area (Å²) in [6.07, 6.45) is 2.32. The zero-order valence-electron chi connectivity index (χ0n) is 14.3. The summed E-state index contributed by atoms with van der Waals surface area (Å²) >= 11 is 0. The van der Waals surface area contributed by atoms with Gasteiger partial charge in [0.25, 0.3) is 5.91 Å². The molecule has 0 saturated heterocycles. The van der Waals surface area contributed by atoms with Gasteiger partial charge in [-0.3, -0.25) is 9.69 Å². The molecule has 0 aliphatic heterocycles. The number of aromatic nitrogens is 1. The topological polar surface area (TPSA) is 71.5 Å². The molecule has 0 radical (unpaired) electrons. The van der Waals surface area contributed by atoms with Crippen LogP contribution >= 0.6 is 0 Å². The highest BCUT2D eigenvalue weighted by Crippen LogP contribution is 2.21. The van der Waals surface area contributed by atoms with Crippen molar-refractivity contribution in [3.63, 3.8) is 0 Å². The van der Waals surface area contributed by atoms with Crippen molar-refractivity contribution < 1.29 is 13.7 Å². The fourth-order valence-electron chi connectivity index (χ4n) is 2.78. The molecule has 23 heavy (non-hydrogen) atoms. The fraction of sp³-hybridized carbons (Fsp3) is 0.529. The first-order valence-electron chi connectivity index (χ1n) is 8.13. The predicted octanol–water partition coefficient (Wildman–Crippen LogP) is 2.95. The number of aryl methyl sites for hydroxylation is 2. The first-order valence-corrected chi connectivity index (χ1v) is 8.13. The molecule has 0 aromatic carbocycles. The van der Waals surface area contributed by atoms with Crippen LogP contribution in [0.15, 0.2) is 27.3 Å². The molecule has 2 rings (SSSR count). The molecular weight excluding hydrogens is 294 g/mol. The monoisotopic (exact) mass is 319 g/mol. The van der Waals surface area contributed by atoms with Gasteiger partial charge in [-0.1, -0.05) is 25.9 Å². The molecule has 6 heteroatoms. The lowest BCUT2D eigenvalue weighted by Crippen LogP contribution is -2.38. The fourth-order valence-corrected chi connectivity index (χ4v) is 2.78. The maximum atomic E-state index is 12.5. The van der Waals surface area contributed by atoms with Crippen molar-refractivity contribution in [2.75, 3.05) is 19.6 Å². The average molecular weight is 319 g/mol. The molecule has 0 bridgehead atoms. The molecule has 0 aliphatic rings. The molecule has 0 spiro atoms. The van der Waals surface area contributed by atoms with E-state index in [1.165, 1.54) is 0 Å². The van der Waals surface area contributed by atoms with Gasteiger partial charge in [-0.15, -0.1) is 0 Å². The number of hydrogen-bond acceptors (Lipinski definition) is 5. The number of furan rings is 1. The number of nitrogens with zero attached hydrogens (tertiary/aromatic N) is 2. The van der Waals surface area contributed by atoms with Gasteiger partial charge in [0.05, 0.1) is 18.0 Å². The summed E-state index contributed by atoms with van der Waals surface area (Å²) in [5, 5.41) is 6.93. The van der Waals surface area contributed by atoms with Crippen molar-refractivity contribution in [1.29, 1.82) is 0 Å². The van der Waals surface area contributed by atoms with E-state index in [-0.39, 0.29) is 11.9 Å². The van der Waals surface area contributed by atoms with Crippen LogP contribution in [0.1, 0.15) is 54.4 Å². The Morgan fingerprint density at radius 3 is 2.65 bits per heavy atom. The van der Waals surface area contributed by atoms with Gasteiger partial charge in [0.1, 0.15) is 17.1 Å². The number of carbonyl (C=O) groups is 1. The van der Waals surface area contributed by atoms with Crippen molar-refractivity contribution in [2.45, 2.75) is 40.2 Å². The molecule has 2 aromatic heterocycles. The second kappa shape index (κ2) is 7.97. The van der Waals surface area contributed by atoms with Gasteiger partial charge >= 0.3 is 0 Å². The Balaban J connectivity index is 2.12. The average Bonchev–Trinajstić information content (AvgIpc) is 3.20. The highest BCUT2D eigenvalue weighted by Gasteiger charge is 2.24. The maximum absolute atomic E-state index is 12.5. The van der Waals surface area contributed by atoms with Crippen molar-refractivity contribution in [3.8, 4) is 0 Å². The van der Waals surface area contributed by atoms with E-state index in [0.29, 0.717) is 30.0 Å². The minimum Gasteiger partial charge on any atom is -0.468 e. The van der Waals surface area contributed by atoms with Gasteiger partial charge in [0.2, 0.25) is 0 Å². The van der Waals surface area contributed by atoms with E-state index in [1.54, 1.807) is 13.2 Å². The molecule has 1 N–H and O–H groups in total. The van der Waals surface area contributed by atoms with Crippen LogP contribution in [-0.2, 0) is 6.42 Å². The largest absolute Gasteiger partial charge is 0.468 e. The second-order valence-corrected chi connectivity index (χ2v) is 5.38. The summed E-state index contributed by atoms with van der Waals surface area (Å²) in [5.74, 6) is 1.26. The lowest BCUT2D eigenvalue weighted by atomic mass is 10.1. The van der Waals surface area contributed by atoms with Gasteiger partial charge in [-0.05, 0) is 38.6 Å². The second-order valence-electron chi connectivity index (χ2n) is 5.38. The van der Waals surface area contributed by atoms with E-state index < -0.39 is 0 Å². The van der Waals surface area contributed by atoms with Crippen LogP contribution in [-0.4, -0.2) is 35.6 Å². The van der Waals surface area contributed by atoms with E-state index in [9.17, 15) is 4.79 Å². The van der Waals surface area contributed by atoms with Crippen molar-refractivity contribution in [2.24, 2.45) is 0 Å². The van der Waals surface area contributed by atoms with Crippen molar-refractivity contribution in [1.82, 2.24) is 15.4 Å². The minimum atomic E-state index is -0.149. The van der Waals surface area contributed by atoms with Crippen LogP contribution in [0, 0.1) is 6.92 Å². The van der Waals surface area contributed by atoms with Crippen molar-refractivity contribution >= 4 is 5.91 Å². The molecular formula is C17H25N3O3. The lowest BCUT2D eigenvalue weighted by molar-refractivity contribution is 0.0927. The Morgan fingerprint density at radius 2 is 2.09 bits per heavy atom. The number of likely N-dealkylation sites (N-methyl/N-ethyl adjacent to an activating group) is 1. The normalized spacial score (nSPS) is 12.6. The van der Waals surface area contributed by atoms with E-state index >= 15 is 0 Å². The third-order valence-corrected chi connectivity index (χ3v) is 4.08. The quantitative estimate of drug-likeness (QED) is 0.810. The summed E-state index contributed by atoms with van der Waals surface area (Å²) in [6.45, 7) is 10.1. The number of amides is 1. The van der Waals surface area contributed by atoms with E-state index in [0.717, 1.165) is 18.8 Å². The summed E-state index contributed by atoms with van der Waals surface area (Å²) in [7, 11) is 0. The summed E-state index contributed by atoms with van der Waals surface area (Å²) in [6, 6.07) is 3.82. The third kappa shape index (κ3) is 3.82. The van der Waals surface area contributed by atoms with Crippen molar-refractivity contribution in [3.05, 3.63) is 41.2 Å². The van der Waals surface area contributed by atoms with Gasteiger partial charge in [-0.2, -0.15) is 0 Å². The Bertz CT molecular complexity index is 615. The Kier molecular flexibility index (Phi) is 5.98. The first-order chi connectivity index (χ1) is 11.1. The highest BCUT2D eigenvalue weighted by molar-refractivity contribution is 5.96. The molecule has 2 aromatic rings. The number of hydrogen-bond donors (Lipinski definition) is 1. The highest BCUT2D eigenvalue weighted by atomic mass is 16.5. The Morgan fingerprint density at radius 1 is 1.35 bits per heavy atom. The number of carbonyl (C=O) groups excluding carboxylic acids is 1. The summed E-state index contributed by atoms with van der Waals surface area (Å²) < 4.78 is 10.7. The molecule has 0 fully saturated rings.